The molecule has 0 unspecified atom stereocenters. The van der Waals surface area contributed by atoms with E-state index in [1.54, 1.807) is 20.2 Å². The van der Waals surface area contributed by atoms with Crippen LogP contribution in [0.3, 0.4) is 0 Å². The first-order valence-corrected chi connectivity index (χ1v) is 7.20. The molecule has 0 spiro atoms. The summed E-state index contributed by atoms with van der Waals surface area (Å²) in [6, 6.07) is 4.61. The second kappa shape index (κ2) is 6.32. The molecule has 1 aromatic heterocycles. The number of benzene rings is 1. The number of hydrogen-bond acceptors (Lipinski definition) is 3. The van der Waals surface area contributed by atoms with Gasteiger partial charge in [-0.25, -0.2) is 4.68 Å². The highest BCUT2D eigenvalue weighted by molar-refractivity contribution is 6.43. The van der Waals surface area contributed by atoms with Crippen LogP contribution in [-0.2, 0) is 7.05 Å². The van der Waals surface area contributed by atoms with E-state index < -0.39 is 5.91 Å². The molecular weight excluding hydrogens is 358 g/mol. The lowest BCUT2D eigenvalue weighted by atomic mass is 10.2. The summed E-state index contributed by atoms with van der Waals surface area (Å²) >= 11 is 23.7. The van der Waals surface area contributed by atoms with Crippen molar-refractivity contribution in [3.05, 3.63) is 44.0 Å². The molecule has 9 heteroatoms. The first-order valence-electron chi connectivity index (χ1n) is 5.69. The zero-order chi connectivity index (χ0) is 15.7. The number of rotatable bonds is 3. The van der Waals surface area contributed by atoms with Crippen LogP contribution in [0.2, 0.25) is 20.2 Å². The summed E-state index contributed by atoms with van der Waals surface area (Å²) in [6.45, 7) is 0. The van der Waals surface area contributed by atoms with Gasteiger partial charge in [-0.3, -0.25) is 15.2 Å². The molecule has 2 aromatic rings. The number of aromatic nitrogens is 2. The maximum atomic E-state index is 12.2. The second-order valence-corrected chi connectivity index (χ2v) is 5.76. The van der Waals surface area contributed by atoms with Crippen LogP contribution < -0.4 is 10.4 Å². The average molecular weight is 368 g/mol. The average Bonchev–Trinajstić information content (AvgIpc) is 2.62. The van der Waals surface area contributed by atoms with E-state index in [1.807, 2.05) is 0 Å². The first kappa shape index (κ1) is 16.2. The second-order valence-electron chi connectivity index (χ2n) is 4.18. The molecular formula is C12H10Cl4N4O. The third kappa shape index (κ3) is 3.37. The maximum absolute atomic E-state index is 12.2. The summed E-state index contributed by atoms with van der Waals surface area (Å²) in [6.07, 6.45) is 0. The van der Waals surface area contributed by atoms with E-state index in [0.29, 0.717) is 10.8 Å². The smallest absolute Gasteiger partial charge is 0.270 e. The minimum Gasteiger partial charge on any atom is -0.270 e. The fourth-order valence-corrected chi connectivity index (χ4v) is 2.74. The third-order valence-electron chi connectivity index (χ3n) is 2.68. The first-order chi connectivity index (χ1) is 9.81. The fraction of sp³-hybridized carbons (Fsp3) is 0.167. The van der Waals surface area contributed by atoms with Crippen LogP contribution in [-0.4, -0.2) is 22.7 Å². The van der Waals surface area contributed by atoms with Crippen LogP contribution in [0.4, 0.5) is 5.82 Å². The lowest BCUT2D eigenvalue weighted by molar-refractivity contribution is 0.0951. The number of carbonyl (C=O) groups is 1. The molecule has 1 N–H and O–H groups in total. The number of hydrogen-bond donors (Lipinski definition) is 1. The van der Waals surface area contributed by atoms with Crippen LogP contribution >= 0.6 is 46.4 Å². The van der Waals surface area contributed by atoms with Gasteiger partial charge in [0.1, 0.15) is 5.02 Å². The molecule has 0 bridgehead atoms. The quantitative estimate of drug-likeness (QED) is 0.839. The van der Waals surface area contributed by atoms with E-state index in [9.17, 15) is 4.79 Å². The number of halogens is 4. The van der Waals surface area contributed by atoms with E-state index in [2.05, 4.69) is 10.5 Å². The van der Waals surface area contributed by atoms with E-state index >= 15 is 0 Å². The Morgan fingerprint density at radius 1 is 1.29 bits per heavy atom. The van der Waals surface area contributed by atoms with E-state index in [4.69, 9.17) is 46.4 Å². The summed E-state index contributed by atoms with van der Waals surface area (Å²) < 4.78 is 1.45. The lowest BCUT2D eigenvalue weighted by Crippen LogP contribution is -2.40. The molecule has 0 radical (unpaired) electrons. The SMILES string of the molecule is CN(NC(=O)c1ccc(Cl)cc1Cl)c1c(Cl)c(Cl)nn1C. The van der Waals surface area contributed by atoms with Gasteiger partial charge in [-0.2, -0.15) is 5.10 Å². The van der Waals surface area contributed by atoms with E-state index in [0.717, 1.165) is 0 Å². The van der Waals surface area contributed by atoms with Gasteiger partial charge < -0.3 is 0 Å². The Balaban J connectivity index is 2.23. The van der Waals surface area contributed by atoms with Crippen molar-refractivity contribution in [1.29, 1.82) is 0 Å². The standard InChI is InChI=1S/C12H10Cl4N4O/c1-19-12(9(15)10(16)17-19)20(2)18-11(21)7-4-3-6(13)5-8(7)14/h3-5H,1-2H3,(H,18,21). The van der Waals surface area contributed by atoms with Crippen molar-refractivity contribution in [3.63, 3.8) is 0 Å². The van der Waals surface area contributed by atoms with Crippen molar-refractivity contribution >= 4 is 58.1 Å². The Morgan fingerprint density at radius 3 is 2.48 bits per heavy atom. The van der Waals surface area contributed by atoms with Gasteiger partial charge in [0, 0.05) is 19.1 Å². The molecule has 0 atom stereocenters. The molecule has 0 aliphatic heterocycles. The lowest BCUT2D eigenvalue weighted by Gasteiger charge is -2.20. The Kier molecular flexibility index (Phi) is 4.88. The van der Waals surface area contributed by atoms with E-state index in [1.165, 1.54) is 21.8 Å². The number of amides is 1. The van der Waals surface area contributed by atoms with Crippen LogP contribution in [0.5, 0.6) is 0 Å². The Labute approximate surface area is 141 Å². The number of hydrazine groups is 1. The Morgan fingerprint density at radius 2 is 1.95 bits per heavy atom. The minimum absolute atomic E-state index is 0.153. The number of anilines is 1. The fourth-order valence-electron chi connectivity index (χ4n) is 1.76. The van der Waals surface area contributed by atoms with Crippen LogP contribution in [0.15, 0.2) is 18.2 Å². The molecule has 0 aliphatic rings. The molecule has 1 heterocycles. The van der Waals surface area contributed by atoms with Gasteiger partial charge in [0.2, 0.25) is 0 Å². The van der Waals surface area contributed by atoms with Crippen molar-refractivity contribution in [2.75, 3.05) is 12.1 Å². The molecule has 112 valence electrons. The van der Waals surface area contributed by atoms with Gasteiger partial charge in [0.05, 0.1) is 10.6 Å². The summed E-state index contributed by atoms with van der Waals surface area (Å²) in [5, 5.41) is 6.46. The molecule has 1 amide bonds. The van der Waals surface area contributed by atoms with Crippen LogP contribution in [0.25, 0.3) is 0 Å². The molecule has 0 fully saturated rings. The Bertz CT molecular complexity index is 701. The summed E-state index contributed by atoms with van der Waals surface area (Å²) in [5.41, 5.74) is 2.92. The molecule has 1 aromatic carbocycles. The van der Waals surface area contributed by atoms with E-state index in [-0.39, 0.29) is 20.8 Å². The molecule has 0 aliphatic carbocycles. The maximum Gasteiger partial charge on any atom is 0.271 e. The summed E-state index contributed by atoms with van der Waals surface area (Å²) in [4.78, 5) is 12.2. The number of nitrogens with one attached hydrogen (secondary N) is 1. The van der Waals surface area contributed by atoms with Gasteiger partial charge in [-0.15, -0.1) is 0 Å². The molecule has 0 saturated carbocycles. The minimum atomic E-state index is -0.410. The van der Waals surface area contributed by atoms with Gasteiger partial charge in [-0.1, -0.05) is 46.4 Å². The van der Waals surface area contributed by atoms with Crippen molar-refractivity contribution in [2.45, 2.75) is 0 Å². The zero-order valence-corrected chi connectivity index (χ0v) is 14.0. The van der Waals surface area contributed by atoms with Crippen LogP contribution in [0, 0.1) is 0 Å². The summed E-state index contributed by atoms with van der Waals surface area (Å²) in [7, 11) is 3.27. The highest BCUT2D eigenvalue weighted by Crippen LogP contribution is 2.30. The van der Waals surface area contributed by atoms with Gasteiger partial charge >= 0.3 is 0 Å². The number of carbonyl (C=O) groups excluding carboxylic acids is 1. The van der Waals surface area contributed by atoms with Crippen molar-refractivity contribution in [2.24, 2.45) is 7.05 Å². The largest absolute Gasteiger partial charge is 0.271 e. The predicted molar refractivity (Wildman–Crippen MR) is 85.6 cm³/mol. The topological polar surface area (TPSA) is 50.2 Å². The molecule has 2 rings (SSSR count). The molecule has 0 saturated heterocycles. The third-order valence-corrected chi connectivity index (χ3v) is 3.94. The van der Waals surface area contributed by atoms with Crippen molar-refractivity contribution in [3.8, 4) is 0 Å². The molecule has 21 heavy (non-hydrogen) atoms. The highest BCUT2D eigenvalue weighted by atomic mass is 35.5. The monoisotopic (exact) mass is 366 g/mol. The van der Waals surface area contributed by atoms with Crippen LogP contribution in [0.1, 0.15) is 10.4 Å². The highest BCUT2D eigenvalue weighted by Gasteiger charge is 2.19. The summed E-state index contributed by atoms with van der Waals surface area (Å²) in [5.74, 6) is 0.0349. The number of nitrogens with zero attached hydrogens (tertiary/aromatic N) is 3. The predicted octanol–water partition coefficient (Wildman–Crippen LogP) is 3.81. The normalized spacial score (nSPS) is 10.6. The van der Waals surface area contributed by atoms with Crippen molar-refractivity contribution < 1.29 is 4.79 Å². The van der Waals surface area contributed by atoms with Gasteiger partial charge in [-0.05, 0) is 18.2 Å². The van der Waals surface area contributed by atoms with Gasteiger partial charge in [0.25, 0.3) is 5.91 Å². The van der Waals surface area contributed by atoms with Gasteiger partial charge in [0.15, 0.2) is 11.0 Å². The Hall–Kier alpha value is -1.14. The number of aryl methyl sites for hydroxylation is 1. The zero-order valence-electron chi connectivity index (χ0n) is 11.0. The molecule has 5 nitrogen and oxygen atoms in total. The van der Waals surface area contributed by atoms with Crippen molar-refractivity contribution in [1.82, 2.24) is 15.2 Å².